The van der Waals surface area contributed by atoms with E-state index in [-0.39, 0.29) is 0 Å². The predicted molar refractivity (Wildman–Crippen MR) is 76.2 cm³/mol. The van der Waals surface area contributed by atoms with Crippen LogP contribution in [0.1, 0.15) is 30.9 Å². The summed E-state index contributed by atoms with van der Waals surface area (Å²) >= 11 is 0. The van der Waals surface area contributed by atoms with E-state index in [4.69, 9.17) is 0 Å². The number of hydrogen-bond acceptors (Lipinski definition) is 4. The van der Waals surface area contributed by atoms with Crippen molar-refractivity contribution in [3.63, 3.8) is 0 Å². The Morgan fingerprint density at radius 1 is 1.16 bits per heavy atom. The van der Waals surface area contributed by atoms with Crippen LogP contribution in [-0.2, 0) is 0 Å². The van der Waals surface area contributed by atoms with E-state index in [1.165, 1.54) is 23.9 Å². The maximum Gasteiger partial charge on any atom is 0.140 e. The third-order valence-corrected chi connectivity index (χ3v) is 4.36. The summed E-state index contributed by atoms with van der Waals surface area (Å²) < 4.78 is 0. The molecule has 1 aliphatic rings. The summed E-state index contributed by atoms with van der Waals surface area (Å²) in [6.45, 7) is 0. The molecule has 19 heavy (non-hydrogen) atoms. The quantitative estimate of drug-likeness (QED) is 0.779. The van der Waals surface area contributed by atoms with Crippen LogP contribution in [0.2, 0.25) is 0 Å². The highest BCUT2D eigenvalue weighted by Crippen LogP contribution is 2.34. The van der Waals surface area contributed by atoms with E-state index in [1.807, 2.05) is 20.3 Å². The standard InChI is InChI=1S/C14H21N5/c1-15-11-4-3-9(7-12(11)16-2)13-10-5-6-17-14(10)19-8-18-13/h5-6,8-9,11-12,15-16H,3-4,7H2,1-2H3,(H,17,18,19)/t9?,11-,12-/m1/s1. The molecule has 2 aromatic heterocycles. The van der Waals surface area contributed by atoms with E-state index in [9.17, 15) is 0 Å². The lowest BCUT2D eigenvalue weighted by molar-refractivity contribution is 0.281. The van der Waals surface area contributed by atoms with Gasteiger partial charge in [-0.05, 0) is 39.4 Å². The molecule has 1 fully saturated rings. The second-order valence-corrected chi connectivity index (χ2v) is 5.30. The topological polar surface area (TPSA) is 65.6 Å². The molecule has 0 saturated heterocycles. The molecule has 0 radical (unpaired) electrons. The van der Waals surface area contributed by atoms with Gasteiger partial charge in [0.25, 0.3) is 0 Å². The second kappa shape index (κ2) is 5.27. The van der Waals surface area contributed by atoms with Gasteiger partial charge in [0, 0.05) is 29.6 Å². The first-order valence-electron chi connectivity index (χ1n) is 6.96. The fraction of sp³-hybridized carbons (Fsp3) is 0.571. The van der Waals surface area contributed by atoms with Gasteiger partial charge in [0.05, 0.1) is 5.69 Å². The average Bonchev–Trinajstić information content (AvgIpc) is 2.94. The Morgan fingerprint density at radius 2 is 2.00 bits per heavy atom. The summed E-state index contributed by atoms with van der Waals surface area (Å²) in [5, 5.41) is 8.01. The van der Waals surface area contributed by atoms with Crippen molar-refractivity contribution in [2.45, 2.75) is 37.3 Å². The Hall–Kier alpha value is -1.46. The van der Waals surface area contributed by atoms with Gasteiger partial charge >= 0.3 is 0 Å². The first-order chi connectivity index (χ1) is 9.33. The van der Waals surface area contributed by atoms with Crippen molar-refractivity contribution in [3.05, 3.63) is 24.3 Å². The molecule has 5 heteroatoms. The fourth-order valence-electron chi connectivity index (χ4n) is 3.30. The lowest BCUT2D eigenvalue weighted by Gasteiger charge is -2.35. The van der Waals surface area contributed by atoms with Crippen LogP contribution in [-0.4, -0.2) is 41.1 Å². The maximum atomic E-state index is 4.54. The molecular formula is C14H21N5. The predicted octanol–water partition coefficient (Wildman–Crippen LogP) is 1.40. The molecule has 3 rings (SSSR count). The molecule has 0 amide bonds. The van der Waals surface area contributed by atoms with Crippen molar-refractivity contribution < 1.29 is 0 Å². The number of aromatic amines is 1. The lowest BCUT2D eigenvalue weighted by atomic mass is 9.80. The Bertz CT molecular complexity index is 550. The molecule has 1 aliphatic carbocycles. The van der Waals surface area contributed by atoms with Crippen molar-refractivity contribution in [1.82, 2.24) is 25.6 Å². The van der Waals surface area contributed by atoms with Crippen LogP contribution < -0.4 is 10.6 Å². The van der Waals surface area contributed by atoms with Crippen molar-refractivity contribution in [2.75, 3.05) is 14.1 Å². The molecule has 3 N–H and O–H groups in total. The summed E-state index contributed by atoms with van der Waals surface area (Å²) in [6.07, 6.45) is 7.10. The van der Waals surface area contributed by atoms with E-state index in [0.717, 1.165) is 12.1 Å². The number of fused-ring (bicyclic) bond motifs is 1. The molecule has 102 valence electrons. The summed E-state index contributed by atoms with van der Waals surface area (Å²) in [5.41, 5.74) is 2.14. The van der Waals surface area contributed by atoms with E-state index < -0.39 is 0 Å². The molecule has 1 saturated carbocycles. The first-order valence-corrected chi connectivity index (χ1v) is 6.96. The lowest BCUT2D eigenvalue weighted by Crippen LogP contribution is -2.48. The van der Waals surface area contributed by atoms with Gasteiger partial charge in [0.1, 0.15) is 12.0 Å². The SMILES string of the molecule is CN[C@@H]1CCC(c2ncnc3[nH]ccc23)C[C@H]1NC. The van der Waals surface area contributed by atoms with Crippen LogP contribution in [0.25, 0.3) is 11.0 Å². The number of likely N-dealkylation sites (N-methyl/N-ethyl adjacent to an activating group) is 2. The van der Waals surface area contributed by atoms with Gasteiger partial charge in [0.15, 0.2) is 0 Å². The molecular weight excluding hydrogens is 238 g/mol. The van der Waals surface area contributed by atoms with Gasteiger partial charge < -0.3 is 15.6 Å². The molecule has 0 spiro atoms. The van der Waals surface area contributed by atoms with Crippen molar-refractivity contribution in [3.8, 4) is 0 Å². The maximum absolute atomic E-state index is 4.54. The number of nitrogens with one attached hydrogen (secondary N) is 3. The Balaban J connectivity index is 1.88. The van der Waals surface area contributed by atoms with Crippen molar-refractivity contribution >= 4 is 11.0 Å². The van der Waals surface area contributed by atoms with Crippen molar-refractivity contribution in [1.29, 1.82) is 0 Å². The largest absolute Gasteiger partial charge is 0.346 e. The van der Waals surface area contributed by atoms with Crippen LogP contribution in [0.5, 0.6) is 0 Å². The molecule has 2 heterocycles. The summed E-state index contributed by atoms with van der Waals surface area (Å²) in [5.74, 6) is 0.517. The van der Waals surface area contributed by atoms with Gasteiger partial charge in [-0.2, -0.15) is 0 Å². The number of aromatic nitrogens is 3. The summed E-state index contributed by atoms with van der Waals surface area (Å²) in [6, 6.07) is 3.15. The minimum Gasteiger partial charge on any atom is -0.346 e. The van der Waals surface area contributed by atoms with Gasteiger partial charge in [-0.3, -0.25) is 0 Å². The van der Waals surface area contributed by atoms with Gasteiger partial charge in [-0.25, -0.2) is 9.97 Å². The zero-order chi connectivity index (χ0) is 13.2. The smallest absolute Gasteiger partial charge is 0.140 e. The Kier molecular flexibility index (Phi) is 3.48. The monoisotopic (exact) mass is 259 g/mol. The Morgan fingerprint density at radius 3 is 2.79 bits per heavy atom. The van der Waals surface area contributed by atoms with E-state index in [1.54, 1.807) is 6.33 Å². The van der Waals surface area contributed by atoms with Crippen LogP contribution >= 0.6 is 0 Å². The highest BCUT2D eigenvalue weighted by molar-refractivity contribution is 5.78. The number of hydrogen-bond donors (Lipinski definition) is 3. The molecule has 0 aliphatic heterocycles. The number of rotatable bonds is 3. The van der Waals surface area contributed by atoms with Crippen LogP contribution in [0.15, 0.2) is 18.6 Å². The molecule has 3 atom stereocenters. The van der Waals surface area contributed by atoms with Crippen LogP contribution in [0.4, 0.5) is 0 Å². The minimum atomic E-state index is 0.507. The summed E-state index contributed by atoms with van der Waals surface area (Å²) in [4.78, 5) is 12.0. The summed E-state index contributed by atoms with van der Waals surface area (Å²) in [7, 11) is 4.09. The van der Waals surface area contributed by atoms with Crippen LogP contribution in [0, 0.1) is 0 Å². The molecule has 1 unspecified atom stereocenters. The normalized spacial score (nSPS) is 27.8. The van der Waals surface area contributed by atoms with E-state index in [2.05, 4.69) is 31.7 Å². The minimum absolute atomic E-state index is 0.507. The van der Waals surface area contributed by atoms with E-state index >= 15 is 0 Å². The third kappa shape index (κ3) is 2.24. The highest BCUT2D eigenvalue weighted by Gasteiger charge is 2.30. The van der Waals surface area contributed by atoms with Crippen molar-refractivity contribution in [2.24, 2.45) is 0 Å². The number of nitrogens with zero attached hydrogens (tertiary/aromatic N) is 2. The third-order valence-electron chi connectivity index (χ3n) is 4.36. The average molecular weight is 259 g/mol. The zero-order valence-corrected chi connectivity index (χ0v) is 11.5. The van der Waals surface area contributed by atoms with Gasteiger partial charge in [-0.15, -0.1) is 0 Å². The number of H-pyrrole nitrogens is 1. The Labute approximate surface area is 113 Å². The zero-order valence-electron chi connectivity index (χ0n) is 11.5. The van der Waals surface area contributed by atoms with Crippen LogP contribution in [0.3, 0.4) is 0 Å². The fourth-order valence-corrected chi connectivity index (χ4v) is 3.30. The second-order valence-electron chi connectivity index (χ2n) is 5.30. The molecule has 2 aromatic rings. The molecule has 0 bridgehead atoms. The van der Waals surface area contributed by atoms with Gasteiger partial charge in [0.2, 0.25) is 0 Å². The molecule has 5 nitrogen and oxygen atoms in total. The molecule has 0 aromatic carbocycles. The van der Waals surface area contributed by atoms with Gasteiger partial charge in [-0.1, -0.05) is 0 Å². The first kappa shape index (κ1) is 12.6. The van der Waals surface area contributed by atoms with E-state index in [0.29, 0.717) is 18.0 Å². The highest BCUT2D eigenvalue weighted by atomic mass is 15.0.